The molecular formula is C52H47N7O7S4. The third kappa shape index (κ3) is 10.4. The van der Waals surface area contributed by atoms with E-state index in [1.165, 1.54) is 34.9 Å². The van der Waals surface area contributed by atoms with Crippen molar-refractivity contribution >= 4 is 80.9 Å². The van der Waals surface area contributed by atoms with Crippen molar-refractivity contribution in [1.82, 2.24) is 25.4 Å². The second-order valence-corrected chi connectivity index (χ2v) is 22.2. The van der Waals surface area contributed by atoms with Crippen LogP contribution in [0.15, 0.2) is 167 Å². The van der Waals surface area contributed by atoms with Crippen molar-refractivity contribution in [3.8, 4) is 0 Å². The number of amides is 3. The van der Waals surface area contributed by atoms with Gasteiger partial charge in [0.1, 0.15) is 32.5 Å². The van der Waals surface area contributed by atoms with Gasteiger partial charge < -0.3 is 24.5 Å². The molecule has 5 aromatic carbocycles. The zero-order valence-electron chi connectivity index (χ0n) is 38.4. The van der Waals surface area contributed by atoms with Gasteiger partial charge >= 0.3 is 12.1 Å². The molecule has 0 radical (unpaired) electrons. The number of hydrogen-bond donors (Lipinski definition) is 2. The summed E-state index contributed by atoms with van der Waals surface area (Å²) in [5, 5.41) is 20.7. The molecule has 3 atom stereocenters. The van der Waals surface area contributed by atoms with Gasteiger partial charge in [-0.15, -0.1) is 33.3 Å². The molecule has 2 fully saturated rings. The molecular weight excluding hydrogens is 963 g/mol. The molecule has 2 unspecified atom stereocenters. The van der Waals surface area contributed by atoms with Gasteiger partial charge in [-0.3, -0.25) is 19.7 Å². The van der Waals surface area contributed by atoms with Gasteiger partial charge in [-0.1, -0.05) is 180 Å². The number of thiazole rings is 1. The second kappa shape index (κ2) is 20.6. The standard InChI is InChI=1S/C52H47N7O7S4/c1-33-56-57-49(69-33)70-51(46(62)64-42(34-20-10-5-11-21-34)35-22-12-6-13-23-35)31-59-44(61)41(45(59)68-32-51)54-43(60)40(39-30-67-47(53-39)55-48(63)65-50(2,3)4)58-66-52(36-24-14-7-15-25-36,37-26-16-8-17-27-37)38-28-18-9-19-29-38/h5-30,41-42,45H,31-32H2,1-4H3,(H,54,60)(H,53,55,63)/t41?,45-,51?/m1/s1. The Hall–Kier alpha value is -6.86. The molecule has 2 saturated heterocycles. The molecule has 0 aliphatic carbocycles. The SMILES string of the molecule is Cc1nnc(SC2(C(=O)OC(c3ccccc3)c3ccccc3)CS[C@@H]3C(NC(=O)C(=NOC(c4ccccc4)(c4ccccc4)c4ccccc4)c4csc(NC(=O)OC(C)(C)C)n4)C(=O)N3C2)s1. The molecule has 356 valence electrons. The number of benzene rings is 5. The molecule has 0 spiro atoms. The minimum atomic E-state index is -1.37. The van der Waals surface area contributed by atoms with E-state index in [1.54, 1.807) is 31.1 Å². The number of oxime groups is 1. The van der Waals surface area contributed by atoms with Gasteiger partial charge in [0.15, 0.2) is 21.3 Å². The van der Waals surface area contributed by atoms with Crippen LogP contribution in [0.3, 0.4) is 0 Å². The van der Waals surface area contributed by atoms with Crippen LogP contribution in [0.25, 0.3) is 0 Å². The first-order valence-corrected chi connectivity index (χ1v) is 25.8. The van der Waals surface area contributed by atoms with Gasteiger partial charge in [0.05, 0.1) is 0 Å². The number of carbonyl (C=O) groups is 4. The average molecular weight is 1010 g/mol. The number of esters is 1. The van der Waals surface area contributed by atoms with Crippen molar-refractivity contribution in [3.63, 3.8) is 0 Å². The highest BCUT2D eigenvalue weighted by molar-refractivity contribution is 8.06. The van der Waals surface area contributed by atoms with Crippen molar-refractivity contribution in [3.05, 3.63) is 196 Å². The molecule has 4 heterocycles. The van der Waals surface area contributed by atoms with E-state index in [1.807, 2.05) is 159 Å². The third-order valence-corrected chi connectivity index (χ3v) is 16.0. The molecule has 0 saturated carbocycles. The van der Waals surface area contributed by atoms with Crippen LogP contribution >= 0.6 is 46.2 Å². The predicted molar refractivity (Wildman–Crippen MR) is 273 cm³/mol. The lowest BCUT2D eigenvalue weighted by molar-refractivity contribution is -0.155. The third-order valence-electron chi connectivity index (χ3n) is 11.3. The quantitative estimate of drug-likeness (QED) is 0.0328. The van der Waals surface area contributed by atoms with Gasteiger partial charge in [-0.25, -0.2) is 9.78 Å². The van der Waals surface area contributed by atoms with E-state index in [9.17, 15) is 19.2 Å². The lowest BCUT2D eigenvalue weighted by atomic mass is 9.80. The predicted octanol–water partition coefficient (Wildman–Crippen LogP) is 9.63. The summed E-state index contributed by atoms with van der Waals surface area (Å²) in [4.78, 5) is 69.8. The van der Waals surface area contributed by atoms with Crippen molar-refractivity contribution in [2.24, 2.45) is 5.16 Å². The maximum Gasteiger partial charge on any atom is 0.413 e. The number of ether oxygens (including phenoxy) is 2. The summed E-state index contributed by atoms with van der Waals surface area (Å²) in [5.74, 6) is -1.45. The van der Waals surface area contributed by atoms with Crippen LogP contribution in [0, 0.1) is 6.92 Å². The van der Waals surface area contributed by atoms with Crippen molar-refractivity contribution < 1.29 is 33.5 Å². The van der Waals surface area contributed by atoms with Crippen LogP contribution in [0.5, 0.6) is 0 Å². The van der Waals surface area contributed by atoms with Crippen molar-refractivity contribution in [1.29, 1.82) is 0 Å². The van der Waals surface area contributed by atoms with Crippen molar-refractivity contribution in [2.45, 2.75) is 65.5 Å². The fourth-order valence-corrected chi connectivity index (χ4v) is 12.8. The highest BCUT2D eigenvalue weighted by Crippen LogP contribution is 2.48. The highest BCUT2D eigenvalue weighted by Gasteiger charge is 2.59. The minimum Gasteiger partial charge on any atom is -0.451 e. The monoisotopic (exact) mass is 1010 g/mol. The van der Waals surface area contributed by atoms with Gasteiger partial charge in [0.2, 0.25) is 11.5 Å². The smallest absolute Gasteiger partial charge is 0.413 e. The zero-order valence-corrected chi connectivity index (χ0v) is 41.7. The number of nitrogens with zero attached hydrogens (tertiary/aromatic N) is 5. The molecule has 7 aromatic rings. The number of anilines is 1. The maximum absolute atomic E-state index is 14.8. The van der Waals surface area contributed by atoms with E-state index in [0.29, 0.717) is 4.34 Å². The van der Waals surface area contributed by atoms with Crippen LogP contribution in [0.2, 0.25) is 0 Å². The number of β-lactam (4-membered cyclic amide) rings is 1. The number of thioether (sulfide) groups is 2. The Kier molecular flexibility index (Phi) is 14.2. The number of nitrogens with one attached hydrogen (secondary N) is 2. The number of hydrogen-bond acceptors (Lipinski definition) is 15. The van der Waals surface area contributed by atoms with E-state index in [-0.39, 0.29) is 28.8 Å². The molecule has 2 aliphatic heterocycles. The van der Waals surface area contributed by atoms with Crippen LogP contribution in [-0.4, -0.2) is 83.7 Å². The lowest BCUT2D eigenvalue weighted by Gasteiger charge is -2.53. The van der Waals surface area contributed by atoms with Crippen LogP contribution in [0.4, 0.5) is 9.93 Å². The Labute approximate surface area is 421 Å². The fraction of sp³-hybridized carbons (Fsp3) is 0.231. The molecule has 3 amide bonds. The summed E-state index contributed by atoms with van der Waals surface area (Å²) in [7, 11) is 0. The van der Waals surface area contributed by atoms with Crippen LogP contribution in [-0.2, 0) is 34.3 Å². The summed E-state index contributed by atoms with van der Waals surface area (Å²) in [6.45, 7) is 7.06. The van der Waals surface area contributed by atoms with E-state index >= 15 is 0 Å². The number of aromatic nitrogens is 3. The molecule has 70 heavy (non-hydrogen) atoms. The number of fused-ring (bicyclic) bond motifs is 1. The molecule has 2 N–H and O–H groups in total. The first-order valence-electron chi connectivity index (χ1n) is 22.2. The van der Waals surface area contributed by atoms with E-state index in [2.05, 4.69) is 31.0 Å². The van der Waals surface area contributed by atoms with E-state index < -0.39 is 57.3 Å². The topological polar surface area (TPSA) is 174 Å². The summed E-state index contributed by atoms with van der Waals surface area (Å²) in [6.07, 6.45) is -1.45. The number of rotatable bonds is 15. The normalized spacial score (nSPS) is 18.0. The number of aryl methyl sites for hydroxylation is 1. The van der Waals surface area contributed by atoms with E-state index in [0.717, 1.165) is 44.2 Å². The van der Waals surface area contributed by atoms with Gasteiger partial charge in [0.25, 0.3) is 5.91 Å². The summed E-state index contributed by atoms with van der Waals surface area (Å²) in [6, 6.07) is 46.6. The largest absolute Gasteiger partial charge is 0.451 e. The Balaban J connectivity index is 1.03. The zero-order chi connectivity index (χ0) is 48.9. The van der Waals surface area contributed by atoms with Gasteiger partial charge in [-0.2, -0.15) is 0 Å². The van der Waals surface area contributed by atoms with Gasteiger partial charge in [-0.05, 0) is 38.8 Å². The highest BCUT2D eigenvalue weighted by atomic mass is 32.2. The molecule has 9 rings (SSSR count). The first-order chi connectivity index (χ1) is 33.8. The first kappa shape index (κ1) is 48.2. The molecule has 14 nitrogen and oxygen atoms in total. The lowest BCUT2D eigenvalue weighted by Crippen LogP contribution is -2.75. The Morgan fingerprint density at radius 1 is 0.800 bits per heavy atom. The molecule has 2 aromatic heterocycles. The minimum absolute atomic E-state index is 0.0160. The molecule has 0 bridgehead atoms. The second-order valence-electron chi connectivity index (χ2n) is 17.4. The van der Waals surface area contributed by atoms with Crippen LogP contribution < -0.4 is 10.6 Å². The summed E-state index contributed by atoms with van der Waals surface area (Å²) < 4.78 is 11.2. The van der Waals surface area contributed by atoms with Crippen LogP contribution in [0.1, 0.15) is 65.4 Å². The van der Waals surface area contributed by atoms with Crippen molar-refractivity contribution in [2.75, 3.05) is 17.6 Å². The number of carbonyl (C=O) groups excluding carboxylic acids is 4. The summed E-state index contributed by atoms with van der Waals surface area (Å²) >= 11 is 5.00. The molecule has 2 aliphatic rings. The average Bonchev–Trinajstić information content (AvgIpc) is 4.01. The van der Waals surface area contributed by atoms with E-state index in [4.69, 9.17) is 14.3 Å². The summed E-state index contributed by atoms with van der Waals surface area (Å²) in [5.41, 5.74) is 1.46. The molecule has 18 heteroatoms. The Morgan fingerprint density at radius 2 is 1.34 bits per heavy atom. The van der Waals surface area contributed by atoms with Gasteiger partial charge in [0, 0.05) is 34.4 Å². The maximum atomic E-state index is 14.8. The Morgan fingerprint density at radius 3 is 1.86 bits per heavy atom. The Bertz CT molecular complexity index is 2860. The fourth-order valence-electron chi connectivity index (χ4n) is 8.10.